The van der Waals surface area contributed by atoms with Gasteiger partial charge in [-0.25, -0.2) is 4.98 Å². The van der Waals surface area contributed by atoms with Gasteiger partial charge in [0.2, 0.25) is 0 Å². The average molecular weight is 269 g/mol. The molecule has 0 aromatic carbocycles. The number of aromatic nitrogens is 3. The molecule has 0 radical (unpaired) electrons. The van der Waals surface area contributed by atoms with Crippen molar-refractivity contribution in [3.63, 3.8) is 0 Å². The summed E-state index contributed by atoms with van der Waals surface area (Å²) in [5.74, 6) is 0. The number of thiazole rings is 1. The molecule has 0 aliphatic rings. The molecule has 0 aliphatic carbocycles. The molecule has 1 atom stereocenters. The van der Waals surface area contributed by atoms with Crippen LogP contribution in [-0.2, 0) is 13.0 Å². The molecule has 1 unspecified atom stereocenters. The van der Waals surface area contributed by atoms with Gasteiger partial charge in [0.05, 0.1) is 18.3 Å². The van der Waals surface area contributed by atoms with Gasteiger partial charge in [-0.1, -0.05) is 6.92 Å². The minimum Gasteiger partial charge on any atom is -0.390 e. The van der Waals surface area contributed by atoms with Gasteiger partial charge in [0.15, 0.2) is 4.77 Å². The summed E-state index contributed by atoms with van der Waals surface area (Å²) < 4.78 is 2.53. The Bertz CT molecular complexity index is 555. The summed E-state index contributed by atoms with van der Waals surface area (Å²) in [6.45, 7) is 4.13. The van der Waals surface area contributed by atoms with Crippen molar-refractivity contribution >= 4 is 23.6 Å². The maximum atomic E-state index is 9.27. The topological polar surface area (TPSA) is 53.8 Å². The second-order valence-electron chi connectivity index (χ2n) is 3.81. The zero-order valence-electron chi connectivity index (χ0n) is 9.80. The lowest BCUT2D eigenvalue weighted by Gasteiger charge is -2.13. The molecule has 2 aromatic heterocycles. The molecule has 2 rings (SSSR count). The minimum atomic E-state index is -0.0243. The summed E-state index contributed by atoms with van der Waals surface area (Å²) in [5.41, 5.74) is 0.788. The number of H-pyrrole nitrogens is 1. The van der Waals surface area contributed by atoms with Gasteiger partial charge in [-0.05, 0) is 25.6 Å². The first-order valence-corrected chi connectivity index (χ1v) is 6.74. The first-order valence-electron chi connectivity index (χ1n) is 5.51. The predicted octanol–water partition coefficient (Wildman–Crippen LogP) is 2.67. The molecule has 0 saturated carbocycles. The Morgan fingerprint density at radius 3 is 3.00 bits per heavy atom. The fourth-order valence-corrected chi connectivity index (χ4v) is 2.98. The molecular formula is C11H15N3OS2. The fourth-order valence-electron chi connectivity index (χ4n) is 1.75. The van der Waals surface area contributed by atoms with E-state index in [9.17, 15) is 5.11 Å². The first kappa shape index (κ1) is 12.5. The molecule has 2 heterocycles. The van der Waals surface area contributed by atoms with Gasteiger partial charge in [0, 0.05) is 17.3 Å². The van der Waals surface area contributed by atoms with Crippen LogP contribution >= 0.6 is 23.6 Å². The van der Waals surface area contributed by atoms with Crippen LogP contribution in [0.5, 0.6) is 0 Å². The fraction of sp³-hybridized carbons (Fsp3) is 0.455. The highest BCUT2D eigenvalue weighted by atomic mass is 32.1. The summed E-state index contributed by atoms with van der Waals surface area (Å²) >= 11 is 6.92. The highest BCUT2D eigenvalue weighted by Gasteiger charge is 2.15. The molecule has 0 aliphatic heterocycles. The second kappa shape index (κ2) is 5.12. The number of imidazole rings is 1. The minimum absolute atomic E-state index is 0.0243. The number of rotatable bonds is 4. The van der Waals surface area contributed by atoms with Crippen molar-refractivity contribution < 1.29 is 5.11 Å². The predicted molar refractivity (Wildman–Crippen MR) is 70.8 cm³/mol. The Kier molecular flexibility index (Phi) is 3.76. The van der Waals surface area contributed by atoms with Crippen LogP contribution in [0.15, 0.2) is 12.4 Å². The molecule has 0 spiro atoms. The number of nitrogens with one attached hydrogen (secondary N) is 1. The second-order valence-corrected chi connectivity index (χ2v) is 5.34. The summed E-state index contributed by atoms with van der Waals surface area (Å²) in [6, 6.07) is 0.0567. The summed E-state index contributed by atoms with van der Waals surface area (Å²) in [6.07, 6.45) is 4.65. The van der Waals surface area contributed by atoms with Crippen LogP contribution in [0.3, 0.4) is 0 Å². The smallest absolute Gasteiger partial charge is 0.178 e. The molecule has 0 saturated heterocycles. The van der Waals surface area contributed by atoms with E-state index in [2.05, 4.69) is 16.9 Å². The third-order valence-electron chi connectivity index (χ3n) is 2.72. The van der Waals surface area contributed by atoms with Crippen molar-refractivity contribution in [2.45, 2.75) is 32.9 Å². The Balaban J connectivity index is 2.39. The molecule has 0 fully saturated rings. The summed E-state index contributed by atoms with van der Waals surface area (Å²) in [5, 5.41) is 10.3. The van der Waals surface area contributed by atoms with E-state index in [1.54, 1.807) is 17.5 Å². The number of aryl methyl sites for hydroxylation is 1. The van der Waals surface area contributed by atoms with Crippen molar-refractivity contribution in [2.75, 3.05) is 0 Å². The molecule has 0 amide bonds. The number of aromatic amines is 1. The summed E-state index contributed by atoms with van der Waals surface area (Å²) in [4.78, 5) is 8.63. The van der Waals surface area contributed by atoms with E-state index in [1.165, 1.54) is 4.88 Å². The molecule has 4 nitrogen and oxygen atoms in total. The SMILES string of the molecule is CCc1cnc(C(C)n2c(CO)c[nH]c2=S)s1. The van der Waals surface area contributed by atoms with E-state index >= 15 is 0 Å². The maximum Gasteiger partial charge on any atom is 0.178 e. The number of hydrogen-bond acceptors (Lipinski definition) is 4. The van der Waals surface area contributed by atoms with Crippen LogP contribution in [0, 0.1) is 4.77 Å². The zero-order valence-corrected chi connectivity index (χ0v) is 11.4. The lowest BCUT2D eigenvalue weighted by Crippen LogP contribution is -2.10. The van der Waals surface area contributed by atoms with E-state index < -0.39 is 0 Å². The number of aliphatic hydroxyl groups excluding tert-OH is 1. The van der Waals surface area contributed by atoms with Crippen LogP contribution in [-0.4, -0.2) is 19.6 Å². The average Bonchev–Trinajstić information content (AvgIpc) is 2.94. The normalized spacial score (nSPS) is 12.9. The number of hydrogen-bond donors (Lipinski definition) is 2. The molecule has 2 aromatic rings. The largest absolute Gasteiger partial charge is 0.390 e. The van der Waals surface area contributed by atoms with E-state index in [-0.39, 0.29) is 12.6 Å². The highest BCUT2D eigenvalue weighted by molar-refractivity contribution is 7.71. The van der Waals surface area contributed by atoms with Gasteiger partial charge in [-0.15, -0.1) is 11.3 Å². The van der Waals surface area contributed by atoms with Gasteiger partial charge in [-0.2, -0.15) is 0 Å². The van der Waals surface area contributed by atoms with Crippen LogP contribution in [0.25, 0.3) is 0 Å². The molecule has 0 bridgehead atoms. The van der Waals surface area contributed by atoms with Crippen molar-refractivity contribution in [1.82, 2.24) is 14.5 Å². The monoisotopic (exact) mass is 269 g/mol. The lowest BCUT2D eigenvalue weighted by atomic mass is 10.3. The third kappa shape index (κ3) is 2.34. The Morgan fingerprint density at radius 2 is 2.41 bits per heavy atom. The van der Waals surface area contributed by atoms with Crippen molar-refractivity contribution in [1.29, 1.82) is 0 Å². The molecule has 17 heavy (non-hydrogen) atoms. The van der Waals surface area contributed by atoms with Crippen molar-refractivity contribution in [2.24, 2.45) is 0 Å². The number of aliphatic hydroxyl groups is 1. The van der Waals surface area contributed by atoms with Crippen molar-refractivity contribution in [3.05, 3.63) is 32.7 Å². The van der Waals surface area contributed by atoms with Crippen LogP contribution < -0.4 is 0 Å². The lowest BCUT2D eigenvalue weighted by molar-refractivity contribution is 0.269. The quantitative estimate of drug-likeness (QED) is 0.839. The van der Waals surface area contributed by atoms with Crippen LogP contribution in [0.2, 0.25) is 0 Å². The zero-order chi connectivity index (χ0) is 12.4. The van der Waals surface area contributed by atoms with Gasteiger partial charge in [-0.3, -0.25) is 0 Å². The highest BCUT2D eigenvalue weighted by Crippen LogP contribution is 2.25. The van der Waals surface area contributed by atoms with Gasteiger partial charge in [0.1, 0.15) is 5.01 Å². The van der Waals surface area contributed by atoms with E-state index in [0.29, 0.717) is 4.77 Å². The van der Waals surface area contributed by atoms with Gasteiger partial charge in [0.25, 0.3) is 0 Å². The molecule has 2 N–H and O–H groups in total. The van der Waals surface area contributed by atoms with Gasteiger partial charge < -0.3 is 14.7 Å². The third-order valence-corrected chi connectivity index (χ3v) is 4.34. The van der Waals surface area contributed by atoms with E-state index in [4.69, 9.17) is 12.2 Å². The molecular weight excluding hydrogens is 254 g/mol. The Hall–Kier alpha value is -0.980. The van der Waals surface area contributed by atoms with Gasteiger partial charge >= 0.3 is 0 Å². The van der Waals surface area contributed by atoms with E-state index in [0.717, 1.165) is 17.1 Å². The standard InChI is InChI=1S/C11H15N3OS2/c1-3-9-5-12-10(17-9)7(2)14-8(6-15)4-13-11(14)16/h4-5,7,15H,3,6H2,1-2H3,(H,13,16). The molecule has 92 valence electrons. The Labute approximate surface area is 109 Å². The van der Waals surface area contributed by atoms with Crippen molar-refractivity contribution in [3.8, 4) is 0 Å². The Morgan fingerprint density at radius 1 is 1.65 bits per heavy atom. The van der Waals surface area contributed by atoms with Crippen LogP contribution in [0.4, 0.5) is 0 Å². The summed E-state index contributed by atoms with van der Waals surface area (Å²) in [7, 11) is 0. The van der Waals surface area contributed by atoms with E-state index in [1.807, 2.05) is 17.7 Å². The van der Waals surface area contributed by atoms with Crippen LogP contribution in [0.1, 0.15) is 35.5 Å². The number of nitrogens with zero attached hydrogens (tertiary/aromatic N) is 2. The molecule has 6 heteroatoms. The first-order chi connectivity index (χ1) is 8.17. The maximum absolute atomic E-state index is 9.27.